The number of fused-ring (bicyclic) bond motifs is 9. The van der Waals surface area contributed by atoms with Gasteiger partial charge in [-0.2, -0.15) is 0 Å². The zero-order chi connectivity index (χ0) is 42.1. The molecule has 13 aromatic rings. The Hall–Kier alpha value is -8.74. The summed E-state index contributed by atoms with van der Waals surface area (Å²) in [5.74, 6) is 1.80. The quantitative estimate of drug-likeness (QED) is 0.167. The molecule has 0 radical (unpaired) electrons. The number of para-hydroxylation sites is 1. The van der Waals surface area contributed by atoms with E-state index in [0.29, 0.717) is 17.5 Å². The van der Waals surface area contributed by atoms with Crippen molar-refractivity contribution in [2.45, 2.75) is 0 Å². The number of furan rings is 1. The van der Waals surface area contributed by atoms with Gasteiger partial charge < -0.3 is 8.98 Å². The van der Waals surface area contributed by atoms with Crippen LogP contribution in [-0.2, 0) is 0 Å². The van der Waals surface area contributed by atoms with E-state index < -0.39 is 0 Å². The van der Waals surface area contributed by atoms with Gasteiger partial charge in [0.25, 0.3) is 0 Å². The molecule has 0 fully saturated rings. The van der Waals surface area contributed by atoms with Gasteiger partial charge in [-0.3, -0.25) is 4.98 Å². The van der Waals surface area contributed by atoms with Crippen molar-refractivity contribution < 1.29 is 4.42 Å². The topological polar surface area (TPSA) is 69.6 Å². The molecular formula is C58H35N5O. The van der Waals surface area contributed by atoms with Gasteiger partial charge in [0.05, 0.1) is 11.0 Å². The van der Waals surface area contributed by atoms with Crippen LogP contribution in [0.15, 0.2) is 217 Å². The summed E-state index contributed by atoms with van der Waals surface area (Å²) in [7, 11) is 0. The van der Waals surface area contributed by atoms with Crippen LogP contribution in [-0.4, -0.2) is 24.5 Å². The maximum atomic E-state index is 6.10. The van der Waals surface area contributed by atoms with E-state index in [0.717, 1.165) is 55.4 Å². The molecule has 6 heteroatoms. The molecule has 9 aromatic carbocycles. The second kappa shape index (κ2) is 14.4. The smallest absolute Gasteiger partial charge is 0.164 e. The molecule has 0 spiro atoms. The third kappa shape index (κ3) is 5.96. The van der Waals surface area contributed by atoms with Gasteiger partial charge in [0, 0.05) is 56.3 Å². The molecule has 13 rings (SSSR count). The zero-order valence-electron chi connectivity index (χ0n) is 34.4. The van der Waals surface area contributed by atoms with Crippen LogP contribution in [0.25, 0.3) is 127 Å². The number of pyridine rings is 1. The van der Waals surface area contributed by atoms with Crippen molar-refractivity contribution in [3.8, 4) is 62.1 Å². The maximum Gasteiger partial charge on any atom is 0.164 e. The summed E-state index contributed by atoms with van der Waals surface area (Å²) < 4.78 is 8.49. The molecule has 0 aliphatic rings. The summed E-state index contributed by atoms with van der Waals surface area (Å²) >= 11 is 0. The van der Waals surface area contributed by atoms with E-state index in [1.807, 2.05) is 54.7 Å². The summed E-state index contributed by atoms with van der Waals surface area (Å²) in [4.78, 5) is 19.5. The van der Waals surface area contributed by atoms with E-state index in [4.69, 9.17) is 19.4 Å². The monoisotopic (exact) mass is 817 g/mol. The van der Waals surface area contributed by atoms with Crippen LogP contribution < -0.4 is 0 Å². The first-order valence-corrected chi connectivity index (χ1v) is 21.4. The molecule has 4 heterocycles. The summed E-state index contributed by atoms with van der Waals surface area (Å²) in [6.07, 6.45) is 3.58. The zero-order valence-corrected chi connectivity index (χ0v) is 34.4. The van der Waals surface area contributed by atoms with Gasteiger partial charge in [0.1, 0.15) is 11.2 Å². The van der Waals surface area contributed by atoms with Gasteiger partial charge in [-0.05, 0) is 111 Å². The molecule has 0 atom stereocenters. The Morgan fingerprint density at radius 2 is 0.969 bits per heavy atom. The lowest BCUT2D eigenvalue weighted by Crippen LogP contribution is -2.00. The van der Waals surface area contributed by atoms with Crippen molar-refractivity contribution in [1.29, 1.82) is 0 Å². The standard InChI is InChI=1S/C58H35N5O/c1-2-10-38(11-3-1)56-60-57(62-58(61-56)45-23-28-53-49(34-45)50-35-59-30-29-54(50)64-53)44-14-8-13-40(33-44)37-19-24-46(25-20-37)63-51-16-7-6-15-48(51)55-47-26-21-42(32-43(47)22-27-52(55)63)41-18-17-36-9-4-5-12-39(36)31-41/h1-35H. The van der Waals surface area contributed by atoms with Crippen molar-refractivity contribution in [3.63, 3.8) is 0 Å². The van der Waals surface area contributed by atoms with E-state index in [2.05, 4.69) is 161 Å². The van der Waals surface area contributed by atoms with Gasteiger partial charge in [0.15, 0.2) is 17.5 Å². The van der Waals surface area contributed by atoms with Gasteiger partial charge in [0.2, 0.25) is 0 Å². The Morgan fingerprint density at radius 3 is 1.83 bits per heavy atom. The van der Waals surface area contributed by atoms with Gasteiger partial charge >= 0.3 is 0 Å². The first-order chi connectivity index (χ1) is 31.7. The van der Waals surface area contributed by atoms with E-state index in [9.17, 15) is 0 Å². The second-order valence-corrected chi connectivity index (χ2v) is 16.3. The average Bonchev–Trinajstić information content (AvgIpc) is 3.92. The summed E-state index contributed by atoms with van der Waals surface area (Å²) in [5.41, 5.74) is 12.3. The summed E-state index contributed by atoms with van der Waals surface area (Å²) in [6.45, 7) is 0. The molecule has 0 bridgehead atoms. The predicted octanol–water partition coefficient (Wildman–Crippen LogP) is 14.9. The van der Waals surface area contributed by atoms with E-state index in [1.165, 1.54) is 54.5 Å². The van der Waals surface area contributed by atoms with E-state index in [-0.39, 0.29) is 0 Å². The van der Waals surface area contributed by atoms with E-state index in [1.54, 1.807) is 6.20 Å². The van der Waals surface area contributed by atoms with Crippen LogP contribution in [0.4, 0.5) is 0 Å². The number of hydrogen-bond donors (Lipinski definition) is 0. The first-order valence-electron chi connectivity index (χ1n) is 21.4. The second-order valence-electron chi connectivity index (χ2n) is 16.3. The SMILES string of the molecule is c1ccc(-c2nc(-c3cccc(-c4ccc(-n5c6ccccc6c6c7ccc(-c8ccc9ccccc9c8)cc7ccc65)cc4)c3)nc(-c3ccc4oc5ccncc5c4c3)n2)cc1. The Bertz CT molecular complexity index is 3960. The number of rotatable bonds is 6. The molecule has 0 unspecified atom stereocenters. The molecule has 0 saturated carbocycles. The molecule has 0 amide bonds. The minimum atomic E-state index is 0.586. The summed E-state index contributed by atoms with van der Waals surface area (Å²) in [5, 5.41) is 9.39. The van der Waals surface area contributed by atoms with Crippen LogP contribution in [0, 0.1) is 0 Å². The van der Waals surface area contributed by atoms with Gasteiger partial charge in [-0.15, -0.1) is 0 Å². The highest BCUT2D eigenvalue weighted by Gasteiger charge is 2.18. The normalized spacial score (nSPS) is 11.8. The van der Waals surface area contributed by atoms with Crippen molar-refractivity contribution in [2.24, 2.45) is 0 Å². The third-order valence-electron chi connectivity index (χ3n) is 12.5. The fourth-order valence-electron chi connectivity index (χ4n) is 9.38. The van der Waals surface area contributed by atoms with Gasteiger partial charge in [-0.25, -0.2) is 15.0 Å². The first kappa shape index (κ1) is 36.0. The molecular weight excluding hydrogens is 783 g/mol. The molecule has 298 valence electrons. The highest BCUT2D eigenvalue weighted by Crippen LogP contribution is 2.39. The minimum Gasteiger partial charge on any atom is -0.456 e. The predicted molar refractivity (Wildman–Crippen MR) is 261 cm³/mol. The maximum absolute atomic E-state index is 6.10. The third-order valence-corrected chi connectivity index (χ3v) is 12.5. The van der Waals surface area contributed by atoms with Crippen molar-refractivity contribution in [1.82, 2.24) is 24.5 Å². The highest BCUT2D eigenvalue weighted by molar-refractivity contribution is 6.21. The van der Waals surface area contributed by atoms with Crippen LogP contribution in [0.2, 0.25) is 0 Å². The number of hydrogen-bond acceptors (Lipinski definition) is 5. The molecule has 64 heavy (non-hydrogen) atoms. The molecule has 0 aliphatic carbocycles. The lowest BCUT2D eigenvalue weighted by molar-refractivity contribution is 0.668. The van der Waals surface area contributed by atoms with Gasteiger partial charge in [-0.1, -0.05) is 133 Å². The molecule has 0 saturated heterocycles. The number of nitrogens with zero attached hydrogens (tertiary/aromatic N) is 5. The van der Waals surface area contributed by atoms with Crippen LogP contribution in [0.3, 0.4) is 0 Å². The Morgan fingerprint density at radius 1 is 0.344 bits per heavy atom. The Kier molecular flexibility index (Phi) is 8.11. The molecule has 0 aliphatic heterocycles. The van der Waals surface area contributed by atoms with Crippen molar-refractivity contribution >= 4 is 65.3 Å². The number of benzene rings is 9. The van der Waals surface area contributed by atoms with E-state index >= 15 is 0 Å². The summed E-state index contributed by atoms with van der Waals surface area (Å²) in [6, 6.07) is 70.8. The largest absolute Gasteiger partial charge is 0.456 e. The van der Waals surface area contributed by atoms with Crippen molar-refractivity contribution in [2.75, 3.05) is 0 Å². The fraction of sp³-hybridized carbons (Fsp3) is 0. The molecule has 4 aromatic heterocycles. The Labute approximate surface area is 367 Å². The molecule has 0 N–H and O–H groups in total. The lowest BCUT2D eigenvalue weighted by Gasteiger charge is -2.11. The Balaban J connectivity index is 0.873. The van der Waals surface area contributed by atoms with Crippen LogP contribution in [0.5, 0.6) is 0 Å². The van der Waals surface area contributed by atoms with Crippen LogP contribution in [0.1, 0.15) is 0 Å². The van der Waals surface area contributed by atoms with Crippen molar-refractivity contribution in [3.05, 3.63) is 213 Å². The molecule has 6 nitrogen and oxygen atoms in total. The minimum absolute atomic E-state index is 0.586. The van der Waals surface area contributed by atoms with Crippen LogP contribution >= 0.6 is 0 Å². The lowest BCUT2D eigenvalue weighted by atomic mass is 9.97. The highest BCUT2D eigenvalue weighted by atomic mass is 16.3. The fourth-order valence-corrected chi connectivity index (χ4v) is 9.38. The average molecular weight is 818 g/mol. The number of aromatic nitrogens is 5.